The minimum Gasteiger partial charge on any atom is -0.495 e. The van der Waals surface area contributed by atoms with E-state index in [9.17, 15) is 14.9 Å². The van der Waals surface area contributed by atoms with Crippen molar-refractivity contribution in [1.29, 1.82) is 5.26 Å². The topological polar surface area (TPSA) is 102 Å². The molecule has 7 nitrogen and oxygen atoms in total. The van der Waals surface area contributed by atoms with E-state index < -0.39 is 16.6 Å². The number of nitro benzene ring substituents is 1. The van der Waals surface area contributed by atoms with Gasteiger partial charge < -0.3 is 9.47 Å². The van der Waals surface area contributed by atoms with Crippen molar-refractivity contribution >= 4 is 11.7 Å². The first-order valence-electron chi connectivity index (χ1n) is 4.40. The van der Waals surface area contributed by atoms with Gasteiger partial charge in [0, 0.05) is 12.1 Å². The molecule has 0 aliphatic heterocycles. The van der Waals surface area contributed by atoms with E-state index in [4.69, 9.17) is 10.00 Å². The zero-order valence-corrected chi connectivity index (χ0v) is 9.09. The van der Waals surface area contributed by atoms with Crippen LogP contribution in [0.15, 0.2) is 12.1 Å². The number of methoxy groups -OCH3 is 2. The highest BCUT2D eigenvalue weighted by molar-refractivity contribution is 5.94. The largest absolute Gasteiger partial charge is 0.495 e. The number of hydrogen-bond acceptors (Lipinski definition) is 6. The summed E-state index contributed by atoms with van der Waals surface area (Å²) in [5, 5.41) is 19.5. The van der Waals surface area contributed by atoms with E-state index >= 15 is 0 Å². The molecular weight excluding hydrogens is 228 g/mol. The lowest BCUT2D eigenvalue weighted by Crippen LogP contribution is -2.07. The van der Waals surface area contributed by atoms with Crippen LogP contribution in [0.4, 0.5) is 5.69 Å². The summed E-state index contributed by atoms with van der Waals surface area (Å²) in [5.41, 5.74) is -0.769. The number of ether oxygens (including phenoxy) is 2. The molecule has 7 heteroatoms. The molecular formula is C10H8N2O5. The molecule has 1 rings (SSSR count). The molecule has 0 saturated carbocycles. The predicted molar refractivity (Wildman–Crippen MR) is 55.7 cm³/mol. The van der Waals surface area contributed by atoms with E-state index in [1.54, 1.807) is 6.07 Å². The lowest BCUT2D eigenvalue weighted by atomic mass is 10.1. The van der Waals surface area contributed by atoms with Gasteiger partial charge in [0.2, 0.25) is 0 Å². The van der Waals surface area contributed by atoms with Crippen LogP contribution < -0.4 is 4.74 Å². The quantitative estimate of drug-likeness (QED) is 0.444. The molecule has 0 unspecified atom stereocenters. The van der Waals surface area contributed by atoms with Crippen molar-refractivity contribution in [1.82, 2.24) is 0 Å². The van der Waals surface area contributed by atoms with Gasteiger partial charge in [-0.05, 0) is 0 Å². The van der Waals surface area contributed by atoms with Gasteiger partial charge >= 0.3 is 5.97 Å². The normalized spacial score (nSPS) is 9.24. The summed E-state index contributed by atoms with van der Waals surface area (Å²) in [6.07, 6.45) is 0. The van der Waals surface area contributed by atoms with Gasteiger partial charge in [-0.15, -0.1) is 0 Å². The minimum atomic E-state index is -0.862. The third kappa shape index (κ3) is 2.31. The predicted octanol–water partition coefficient (Wildman–Crippen LogP) is 1.26. The van der Waals surface area contributed by atoms with E-state index in [-0.39, 0.29) is 16.9 Å². The summed E-state index contributed by atoms with van der Waals surface area (Å²) in [6, 6.07) is 3.84. The summed E-state index contributed by atoms with van der Waals surface area (Å²) in [5.74, 6) is -0.780. The summed E-state index contributed by atoms with van der Waals surface area (Å²) >= 11 is 0. The third-order valence-electron chi connectivity index (χ3n) is 2.04. The molecule has 1 aromatic rings. The first-order chi connectivity index (χ1) is 8.04. The third-order valence-corrected chi connectivity index (χ3v) is 2.04. The Morgan fingerprint density at radius 2 is 2.12 bits per heavy atom. The Hall–Kier alpha value is -2.62. The van der Waals surface area contributed by atoms with Crippen LogP contribution in [0.1, 0.15) is 15.9 Å². The summed E-state index contributed by atoms with van der Waals surface area (Å²) in [6.45, 7) is 0. The first kappa shape index (κ1) is 12.4. The number of carbonyl (C=O) groups excluding carboxylic acids is 1. The Bertz CT molecular complexity index is 518. The van der Waals surface area contributed by atoms with E-state index in [2.05, 4.69) is 4.74 Å². The Morgan fingerprint density at radius 1 is 1.47 bits per heavy atom. The molecule has 0 saturated heterocycles. The van der Waals surface area contributed by atoms with Crippen LogP contribution in [0, 0.1) is 21.4 Å². The summed E-state index contributed by atoms with van der Waals surface area (Å²) in [4.78, 5) is 21.3. The second kappa shape index (κ2) is 4.94. The highest BCUT2D eigenvalue weighted by atomic mass is 16.6. The smallest absolute Gasteiger partial charge is 0.345 e. The SMILES string of the molecule is COC(=O)c1cc(OC)c(C#N)cc1[N+](=O)[O-]. The maximum absolute atomic E-state index is 11.3. The molecule has 0 atom stereocenters. The van der Waals surface area contributed by atoms with Crippen LogP contribution in [0.3, 0.4) is 0 Å². The first-order valence-corrected chi connectivity index (χ1v) is 4.40. The average molecular weight is 236 g/mol. The lowest BCUT2D eigenvalue weighted by molar-refractivity contribution is -0.385. The van der Waals surface area contributed by atoms with Crippen molar-refractivity contribution in [2.24, 2.45) is 0 Å². The van der Waals surface area contributed by atoms with Gasteiger partial charge in [0.05, 0.1) is 19.1 Å². The number of nitrogens with zero attached hydrogens (tertiary/aromatic N) is 2. The summed E-state index contributed by atoms with van der Waals surface area (Å²) < 4.78 is 9.27. The van der Waals surface area contributed by atoms with Crippen LogP contribution in [-0.4, -0.2) is 25.1 Å². The molecule has 0 radical (unpaired) electrons. The maximum atomic E-state index is 11.3. The minimum absolute atomic E-state index is 0.0214. The van der Waals surface area contributed by atoms with Crippen LogP contribution in [0.2, 0.25) is 0 Å². The van der Waals surface area contributed by atoms with Crippen molar-refractivity contribution < 1.29 is 19.2 Å². The Kier molecular flexibility index (Phi) is 3.62. The lowest BCUT2D eigenvalue weighted by Gasteiger charge is -2.06. The Labute approximate surface area is 96.3 Å². The second-order valence-electron chi connectivity index (χ2n) is 2.93. The molecule has 0 bridgehead atoms. The van der Waals surface area contributed by atoms with Gasteiger partial charge in [-0.25, -0.2) is 4.79 Å². The molecule has 0 fully saturated rings. The van der Waals surface area contributed by atoms with Crippen molar-refractivity contribution in [3.63, 3.8) is 0 Å². The number of esters is 1. The molecule has 0 N–H and O–H groups in total. The second-order valence-corrected chi connectivity index (χ2v) is 2.93. The Balaban J connectivity index is 3.52. The van der Waals surface area contributed by atoms with Gasteiger partial charge in [-0.2, -0.15) is 5.26 Å². The maximum Gasteiger partial charge on any atom is 0.345 e. The molecule has 1 aromatic carbocycles. The fraction of sp³-hybridized carbons (Fsp3) is 0.200. The molecule has 0 aliphatic rings. The molecule has 17 heavy (non-hydrogen) atoms. The fourth-order valence-electron chi connectivity index (χ4n) is 1.25. The van der Waals surface area contributed by atoms with E-state index in [1.165, 1.54) is 7.11 Å². The monoisotopic (exact) mass is 236 g/mol. The number of rotatable bonds is 3. The highest BCUT2D eigenvalue weighted by Gasteiger charge is 2.24. The van der Waals surface area contributed by atoms with Crippen LogP contribution in [-0.2, 0) is 4.74 Å². The van der Waals surface area contributed by atoms with E-state index in [1.807, 2.05) is 0 Å². The van der Waals surface area contributed by atoms with Gasteiger partial charge in [0.1, 0.15) is 22.9 Å². The van der Waals surface area contributed by atoms with Gasteiger partial charge in [0.15, 0.2) is 0 Å². The number of benzene rings is 1. The molecule has 0 heterocycles. The van der Waals surface area contributed by atoms with Crippen molar-refractivity contribution in [3.05, 3.63) is 33.4 Å². The van der Waals surface area contributed by atoms with Crippen LogP contribution in [0.5, 0.6) is 5.75 Å². The van der Waals surface area contributed by atoms with Crippen molar-refractivity contribution in [2.45, 2.75) is 0 Å². The zero-order chi connectivity index (χ0) is 13.0. The molecule has 0 spiro atoms. The van der Waals surface area contributed by atoms with Crippen LogP contribution >= 0.6 is 0 Å². The molecule has 0 aliphatic carbocycles. The fourth-order valence-corrected chi connectivity index (χ4v) is 1.25. The number of nitro groups is 1. The number of nitriles is 1. The average Bonchev–Trinajstić information content (AvgIpc) is 2.35. The van der Waals surface area contributed by atoms with Gasteiger partial charge in [0.25, 0.3) is 5.69 Å². The Morgan fingerprint density at radius 3 is 2.53 bits per heavy atom. The van der Waals surface area contributed by atoms with E-state index in [0.717, 1.165) is 19.2 Å². The number of hydrogen-bond donors (Lipinski definition) is 0. The van der Waals surface area contributed by atoms with E-state index in [0.29, 0.717) is 0 Å². The molecule has 0 aromatic heterocycles. The zero-order valence-electron chi connectivity index (χ0n) is 9.09. The van der Waals surface area contributed by atoms with Crippen molar-refractivity contribution in [3.8, 4) is 11.8 Å². The molecule has 88 valence electrons. The number of carbonyl (C=O) groups is 1. The standard InChI is InChI=1S/C10H8N2O5/c1-16-9-4-7(10(13)17-2)8(12(14)15)3-6(9)5-11/h3-4H,1-2H3. The molecule has 0 amide bonds. The highest BCUT2D eigenvalue weighted by Crippen LogP contribution is 2.28. The van der Waals surface area contributed by atoms with Crippen molar-refractivity contribution in [2.75, 3.05) is 14.2 Å². The van der Waals surface area contributed by atoms with Gasteiger partial charge in [-0.3, -0.25) is 10.1 Å². The summed E-state index contributed by atoms with van der Waals surface area (Å²) in [7, 11) is 2.40. The van der Waals surface area contributed by atoms with Crippen LogP contribution in [0.25, 0.3) is 0 Å². The van der Waals surface area contributed by atoms with Gasteiger partial charge in [-0.1, -0.05) is 0 Å².